The van der Waals surface area contributed by atoms with E-state index in [-0.39, 0.29) is 12.2 Å². The van der Waals surface area contributed by atoms with Crippen molar-refractivity contribution in [3.8, 4) is 11.5 Å². The van der Waals surface area contributed by atoms with Gasteiger partial charge in [-0.3, -0.25) is 14.9 Å². The summed E-state index contributed by atoms with van der Waals surface area (Å²) in [5.74, 6) is -1.33. The van der Waals surface area contributed by atoms with E-state index in [1.807, 2.05) is 18.2 Å². The van der Waals surface area contributed by atoms with Gasteiger partial charge >= 0.3 is 5.97 Å². The molecule has 0 atom stereocenters. The Morgan fingerprint density at radius 3 is 2.31 bits per heavy atom. The number of esters is 1. The fourth-order valence-electron chi connectivity index (χ4n) is 2.72. The zero-order valence-electron chi connectivity index (χ0n) is 17.2. The second kappa shape index (κ2) is 11.0. The van der Waals surface area contributed by atoms with Crippen LogP contribution in [0, 0.1) is 0 Å². The van der Waals surface area contributed by atoms with Gasteiger partial charge < -0.3 is 14.2 Å². The minimum absolute atomic E-state index is 0.161. The number of rotatable bonds is 8. The summed E-state index contributed by atoms with van der Waals surface area (Å²) in [4.78, 5) is 36.2. The monoisotopic (exact) mass is 453 g/mol. The molecular weight excluding hydrogens is 434 g/mol. The summed E-state index contributed by atoms with van der Waals surface area (Å²) in [6.45, 7) is -0.389. The third-order valence-electron chi connectivity index (χ3n) is 4.36. The van der Waals surface area contributed by atoms with Gasteiger partial charge in [-0.25, -0.2) is 4.79 Å². The van der Waals surface area contributed by atoms with Crippen LogP contribution in [0.4, 0.5) is 0 Å². The maximum absolute atomic E-state index is 12.3. The lowest BCUT2D eigenvalue weighted by Crippen LogP contribution is -2.34. The van der Waals surface area contributed by atoms with Crippen molar-refractivity contribution >= 4 is 29.4 Å². The second-order valence-corrected chi connectivity index (χ2v) is 6.97. The van der Waals surface area contributed by atoms with Crippen molar-refractivity contribution in [3.05, 3.63) is 94.5 Å². The third kappa shape index (κ3) is 6.09. The molecule has 0 heterocycles. The summed E-state index contributed by atoms with van der Waals surface area (Å²) < 4.78 is 16.0. The molecule has 8 heteroatoms. The van der Waals surface area contributed by atoms with Crippen LogP contribution in [-0.4, -0.2) is 31.5 Å². The molecule has 0 aliphatic heterocycles. The Hall–Kier alpha value is -3.84. The molecule has 32 heavy (non-hydrogen) atoms. The van der Waals surface area contributed by atoms with Gasteiger partial charge in [-0.2, -0.15) is 0 Å². The molecule has 0 fully saturated rings. The van der Waals surface area contributed by atoms with Gasteiger partial charge in [0.15, 0.2) is 18.1 Å². The van der Waals surface area contributed by atoms with Crippen LogP contribution in [-0.2, 0) is 16.1 Å². The lowest BCUT2D eigenvalue weighted by atomic mass is 10.2. The van der Waals surface area contributed by atoms with Gasteiger partial charge in [-0.15, -0.1) is 0 Å². The van der Waals surface area contributed by atoms with Gasteiger partial charge in [-0.05, 0) is 36.4 Å². The predicted octanol–water partition coefficient (Wildman–Crippen LogP) is 4.04. The van der Waals surface area contributed by atoms with E-state index < -0.39 is 24.4 Å². The van der Waals surface area contributed by atoms with Crippen molar-refractivity contribution in [2.75, 3.05) is 13.7 Å². The molecule has 0 aliphatic rings. The number of methoxy groups -OCH3 is 1. The molecule has 0 aliphatic carbocycles. The van der Waals surface area contributed by atoms with Gasteiger partial charge in [0.25, 0.3) is 11.8 Å². The van der Waals surface area contributed by atoms with E-state index in [2.05, 4.69) is 5.32 Å². The molecule has 7 nitrogen and oxygen atoms in total. The van der Waals surface area contributed by atoms with Gasteiger partial charge in [-0.1, -0.05) is 48.0 Å². The first-order valence-electron chi connectivity index (χ1n) is 9.58. The Labute approximate surface area is 189 Å². The molecule has 0 aromatic heterocycles. The highest BCUT2D eigenvalue weighted by Crippen LogP contribution is 2.30. The first-order chi connectivity index (χ1) is 15.5. The number of hydrogen-bond acceptors (Lipinski definition) is 6. The summed E-state index contributed by atoms with van der Waals surface area (Å²) in [5, 5.41) is 2.74. The zero-order valence-corrected chi connectivity index (χ0v) is 17.9. The van der Waals surface area contributed by atoms with E-state index in [9.17, 15) is 14.4 Å². The summed E-state index contributed by atoms with van der Waals surface area (Å²) in [6.07, 6.45) is 0. The molecule has 3 rings (SSSR count). The van der Waals surface area contributed by atoms with E-state index in [0.29, 0.717) is 22.1 Å². The molecule has 2 amide bonds. The highest BCUT2D eigenvalue weighted by Gasteiger charge is 2.16. The average Bonchev–Trinajstić information content (AvgIpc) is 2.82. The van der Waals surface area contributed by atoms with E-state index in [1.54, 1.807) is 42.5 Å². The quantitative estimate of drug-likeness (QED) is 0.517. The number of halogens is 1. The fourth-order valence-corrected chi connectivity index (χ4v) is 2.91. The number of carbonyl (C=O) groups excluding carboxylic acids is 3. The van der Waals surface area contributed by atoms with Crippen molar-refractivity contribution in [3.63, 3.8) is 0 Å². The molecule has 0 saturated heterocycles. The lowest BCUT2D eigenvalue weighted by Gasteiger charge is -2.13. The van der Waals surface area contributed by atoms with Crippen molar-refractivity contribution in [1.29, 1.82) is 0 Å². The Kier molecular flexibility index (Phi) is 7.83. The van der Waals surface area contributed by atoms with Crippen molar-refractivity contribution in [2.24, 2.45) is 0 Å². The van der Waals surface area contributed by atoms with Gasteiger partial charge in [0, 0.05) is 16.1 Å². The van der Waals surface area contributed by atoms with Crippen LogP contribution in [0.2, 0.25) is 5.02 Å². The van der Waals surface area contributed by atoms with Crippen LogP contribution < -0.4 is 14.8 Å². The van der Waals surface area contributed by atoms with Crippen LogP contribution in [0.5, 0.6) is 11.5 Å². The van der Waals surface area contributed by atoms with E-state index in [0.717, 1.165) is 5.56 Å². The van der Waals surface area contributed by atoms with Crippen LogP contribution in [0.15, 0.2) is 72.8 Å². The molecule has 3 aromatic carbocycles. The molecule has 0 unspecified atom stereocenters. The Morgan fingerprint density at radius 1 is 0.875 bits per heavy atom. The maximum atomic E-state index is 12.3. The standard InChI is InChI=1S/C24H20ClNO6/c1-30-21-13-17(11-12-20(21)31-14-18-9-5-6-10-19(18)25)24(29)32-15-22(27)26-23(28)16-7-3-2-4-8-16/h2-13H,14-15H2,1H3,(H,26,27,28). The smallest absolute Gasteiger partial charge is 0.338 e. The molecule has 1 N–H and O–H groups in total. The highest BCUT2D eigenvalue weighted by atomic mass is 35.5. The van der Waals surface area contributed by atoms with Gasteiger partial charge in [0.1, 0.15) is 6.61 Å². The SMILES string of the molecule is COc1cc(C(=O)OCC(=O)NC(=O)c2ccccc2)ccc1OCc1ccccc1Cl. The summed E-state index contributed by atoms with van der Waals surface area (Å²) in [5.41, 5.74) is 1.29. The normalized spacial score (nSPS) is 10.2. The van der Waals surface area contributed by atoms with E-state index in [1.165, 1.54) is 19.2 Å². The summed E-state index contributed by atoms with van der Waals surface area (Å²) in [7, 11) is 1.44. The zero-order chi connectivity index (χ0) is 22.9. The number of ether oxygens (including phenoxy) is 3. The Morgan fingerprint density at radius 2 is 1.59 bits per heavy atom. The van der Waals surface area contributed by atoms with Crippen LogP contribution in [0.1, 0.15) is 26.3 Å². The number of imide groups is 1. The molecular formula is C24H20ClNO6. The Balaban J connectivity index is 1.56. The van der Waals surface area contributed by atoms with Gasteiger partial charge in [0.2, 0.25) is 0 Å². The minimum Gasteiger partial charge on any atom is -0.493 e. The van der Waals surface area contributed by atoms with Crippen LogP contribution in [0.3, 0.4) is 0 Å². The Bertz CT molecular complexity index is 1120. The second-order valence-electron chi connectivity index (χ2n) is 6.57. The first kappa shape index (κ1) is 22.8. The maximum Gasteiger partial charge on any atom is 0.338 e. The molecule has 0 saturated carbocycles. The predicted molar refractivity (Wildman–Crippen MR) is 118 cm³/mol. The number of benzene rings is 3. The third-order valence-corrected chi connectivity index (χ3v) is 4.73. The molecule has 3 aromatic rings. The molecule has 164 valence electrons. The average molecular weight is 454 g/mol. The van der Waals surface area contributed by atoms with Crippen molar-refractivity contribution in [1.82, 2.24) is 5.32 Å². The molecule has 0 radical (unpaired) electrons. The summed E-state index contributed by atoms with van der Waals surface area (Å²) >= 11 is 6.13. The lowest BCUT2D eigenvalue weighted by molar-refractivity contribution is -0.123. The number of amides is 2. The number of hydrogen-bond donors (Lipinski definition) is 1. The van der Waals surface area contributed by atoms with Crippen molar-refractivity contribution < 1.29 is 28.6 Å². The molecule has 0 spiro atoms. The van der Waals surface area contributed by atoms with E-state index in [4.69, 9.17) is 25.8 Å². The van der Waals surface area contributed by atoms with E-state index >= 15 is 0 Å². The van der Waals surface area contributed by atoms with Crippen molar-refractivity contribution in [2.45, 2.75) is 6.61 Å². The number of carbonyl (C=O) groups is 3. The minimum atomic E-state index is -0.747. The van der Waals surface area contributed by atoms with Crippen LogP contribution >= 0.6 is 11.6 Å². The highest BCUT2D eigenvalue weighted by molar-refractivity contribution is 6.31. The fraction of sp³-hybridized carbons (Fsp3) is 0.125. The topological polar surface area (TPSA) is 90.9 Å². The number of nitrogens with one attached hydrogen (secondary N) is 1. The van der Waals surface area contributed by atoms with Crippen LogP contribution in [0.25, 0.3) is 0 Å². The first-order valence-corrected chi connectivity index (χ1v) is 9.96. The summed E-state index contributed by atoms with van der Waals surface area (Å²) in [6, 6.07) is 20.0. The largest absolute Gasteiger partial charge is 0.493 e. The molecule has 0 bridgehead atoms. The van der Waals surface area contributed by atoms with Gasteiger partial charge in [0.05, 0.1) is 12.7 Å².